The van der Waals surface area contributed by atoms with Gasteiger partial charge in [-0.25, -0.2) is 13.2 Å². The van der Waals surface area contributed by atoms with Gasteiger partial charge in [-0.3, -0.25) is 9.59 Å². The molecule has 7 nitrogen and oxygen atoms in total. The van der Waals surface area contributed by atoms with Crippen molar-refractivity contribution in [3.8, 4) is 5.75 Å². The largest absolute Gasteiger partial charge is 0.495 e. The van der Waals surface area contributed by atoms with Gasteiger partial charge in [-0.1, -0.05) is 23.2 Å². The van der Waals surface area contributed by atoms with Gasteiger partial charge in [-0.05, 0) is 54.6 Å². The summed E-state index contributed by atoms with van der Waals surface area (Å²) in [7, 11) is 1.30. The third-order valence-electron chi connectivity index (χ3n) is 6.54. The number of alkyl halides is 2. The van der Waals surface area contributed by atoms with Crippen molar-refractivity contribution >= 4 is 46.4 Å². The van der Waals surface area contributed by atoms with Crippen LogP contribution in [-0.4, -0.2) is 48.2 Å². The predicted octanol–water partition coefficient (Wildman–Crippen LogP) is 5.65. The van der Waals surface area contributed by atoms with Crippen LogP contribution in [-0.2, 0) is 5.60 Å². The Kier molecular flexibility index (Phi) is 8.13. The number of carbonyl (C=O) groups excluding carboxylic acids is 2. The molecule has 0 radical (unpaired) electrons. The van der Waals surface area contributed by atoms with Crippen LogP contribution in [0, 0.1) is 5.82 Å². The average molecular weight is 583 g/mol. The van der Waals surface area contributed by atoms with Gasteiger partial charge in [0.1, 0.15) is 11.6 Å². The standard InChI is InChI=1S/C27H23Cl2F3N2O5/c1-39-23-12-15(2-6-21(23)33-24(36)18-14-17(30)4-5-20(18)29)25(37)34-10-8-27(31,32)26(38,9-11-35)19-13-16(28)3-7-22(19)34/h2-7,12-14,35,38H,8-11H2,1H3,(H,33,36). The molecule has 1 aliphatic heterocycles. The molecule has 39 heavy (non-hydrogen) atoms. The summed E-state index contributed by atoms with van der Waals surface area (Å²) in [5.41, 5.74) is -2.98. The van der Waals surface area contributed by atoms with Crippen LogP contribution >= 0.6 is 23.2 Å². The fourth-order valence-corrected chi connectivity index (χ4v) is 4.86. The Bertz CT molecular complexity index is 1440. The molecule has 3 aromatic rings. The van der Waals surface area contributed by atoms with Crippen LogP contribution < -0.4 is 15.0 Å². The van der Waals surface area contributed by atoms with Gasteiger partial charge in [-0.15, -0.1) is 0 Å². The first-order chi connectivity index (χ1) is 18.4. The maximum absolute atomic E-state index is 15.2. The first-order valence-electron chi connectivity index (χ1n) is 11.7. The minimum Gasteiger partial charge on any atom is -0.495 e. The quantitative estimate of drug-likeness (QED) is 0.349. The molecule has 3 aromatic carbocycles. The number of aliphatic hydroxyl groups excluding tert-OH is 1. The molecule has 0 saturated carbocycles. The van der Waals surface area contributed by atoms with Crippen molar-refractivity contribution in [1.82, 2.24) is 0 Å². The maximum Gasteiger partial charge on any atom is 0.282 e. The van der Waals surface area contributed by atoms with E-state index in [1.165, 1.54) is 43.5 Å². The number of amides is 2. The zero-order valence-electron chi connectivity index (χ0n) is 20.5. The van der Waals surface area contributed by atoms with Crippen LogP contribution in [0.4, 0.5) is 24.5 Å². The van der Waals surface area contributed by atoms with Crippen LogP contribution in [0.25, 0.3) is 0 Å². The zero-order chi connectivity index (χ0) is 28.5. The summed E-state index contributed by atoms with van der Waals surface area (Å²) < 4.78 is 49.3. The van der Waals surface area contributed by atoms with Crippen molar-refractivity contribution in [3.05, 3.63) is 87.2 Å². The molecule has 3 N–H and O–H groups in total. The highest BCUT2D eigenvalue weighted by Gasteiger charge is 2.56. The van der Waals surface area contributed by atoms with Crippen LogP contribution in [0.15, 0.2) is 54.6 Å². The molecule has 0 aliphatic carbocycles. The highest BCUT2D eigenvalue weighted by Crippen LogP contribution is 2.49. The summed E-state index contributed by atoms with van der Waals surface area (Å²) in [5, 5.41) is 23.1. The minimum absolute atomic E-state index is 0.00890. The first-order valence-corrected chi connectivity index (χ1v) is 12.4. The molecule has 1 aliphatic rings. The Labute approximate surface area is 231 Å². The van der Waals surface area contributed by atoms with Crippen molar-refractivity contribution in [2.45, 2.75) is 24.4 Å². The van der Waals surface area contributed by atoms with Crippen molar-refractivity contribution in [2.75, 3.05) is 30.5 Å². The lowest BCUT2D eigenvalue weighted by Gasteiger charge is -2.35. The van der Waals surface area contributed by atoms with E-state index in [4.69, 9.17) is 27.9 Å². The van der Waals surface area contributed by atoms with Crippen LogP contribution in [0.5, 0.6) is 5.75 Å². The van der Waals surface area contributed by atoms with E-state index < -0.39 is 55.1 Å². The summed E-state index contributed by atoms with van der Waals surface area (Å²) in [6, 6.07) is 11.3. The predicted molar refractivity (Wildman–Crippen MR) is 141 cm³/mol. The average Bonchev–Trinajstić information content (AvgIpc) is 2.98. The van der Waals surface area contributed by atoms with Crippen LogP contribution in [0.1, 0.15) is 39.1 Å². The molecule has 1 unspecified atom stereocenters. The molecular weight excluding hydrogens is 560 g/mol. The fraction of sp³-hybridized carbons (Fsp3) is 0.259. The number of carbonyl (C=O) groups is 2. The van der Waals surface area contributed by atoms with E-state index in [1.807, 2.05) is 0 Å². The highest BCUT2D eigenvalue weighted by molar-refractivity contribution is 6.34. The minimum atomic E-state index is -3.69. The zero-order valence-corrected chi connectivity index (χ0v) is 22.0. The van der Waals surface area contributed by atoms with Crippen molar-refractivity contribution < 1.29 is 37.7 Å². The maximum atomic E-state index is 15.2. The number of nitrogens with one attached hydrogen (secondary N) is 1. The number of ether oxygens (including phenoxy) is 1. The second-order valence-electron chi connectivity index (χ2n) is 8.90. The molecule has 0 aromatic heterocycles. The van der Waals surface area contributed by atoms with Gasteiger partial charge in [0.15, 0.2) is 5.60 Å². The summed E-state index contributed by atoms with van der Waals surface area (Å²) in [4.78, 5) is 27.4. The third kappa shape index (κ3) is 5.42. The number of benzene rings is 3. The second kappa shape index (κ2) is 11.1. The Balaban J connectivity index is 1.70. The molecule has 12 heteroatoms. The molecule has 4 rings (SSSR count). The number of hydrogen-bond donors (Lipinski definition) is 3. The Hall–Kier alpha value is -3.31. The lowest BCUT2D eigenvalue weighted by atomic mass is 9.83. The number of halogens is 5. The van der Waals surface area contributed by atoms with E-state index >= 15 is 8.78 Å². The van der Waals surface area contributed by atoms with E-state index in [0.717, 1.165) is 23.1 Å². The highest BCUT2D eigenvalue weighted by atomic mass is 35.5. The van der Waals surface area contributed by atoms with Gasteiger partial charge in [0, 0.05) is 42.1 Å². The SMILES string of the molecule is COc1cc(C(=O)N2CCC(F)(F)C(O)(CCO)c3cc(Cl)ccc32)ccc1NC(=O)c1cc(F)ccc1Cl. The summed E-state index contributed by atoms with van der Waals surface area (Å²) >= 11 is 12.1. The molecule has 0 spiro atoms. The van der Waals surface area contributed by atoms with Gasteiger partial charge in [0.05, 0.1) is 29.1 Å². The van der Waals surface area contributed by atoms with Crippen LogP contribution in [0.2, 0.25) is 10.0 Å². The summed E-state index contributed by atoms with van der Waals surface area (Å²) in [6.07, 6.45) is -1.56. The van der Waals surface area contributed by atoms with Crippen molar-refractivity contribution in [1.29, 1.82) is 0 Å². The lowest BCUT2D eigenvalue weighted by Crippen LogP contribution is -2.46. The topological polar surface area (TPSA) is 99.1 Å². The van der Waals surface area contributed by atoms with E-state index in [2.05, 4.69) is 5.32 Å². The number of rotatable bonds is 6. The molecular formula is C27H23Cl2F3N2O5. The van der Waals surface area contributed by atoms with Gasteiger partial charge in [0.25, 0.3) is 17.7 Å². The van der Waals surface area contributed by atoms with E-state index in [-0.39, 0.29) is 43.9 Å². The lowest BCUT2D eigenvalue weighted by molar-refractivity contribution is -0.195. The van der Waals surface area contributed by atoms with E-state index in [0.29, 0.717) is 0 Å². The van der Waals surface area contributed by atoms with Crippen LogP contribution in [0.3, 0.4) is 0 Å². The number of hydrogen-bond acceptors (Lipinski definition) is 5. The van der Waals surface area contributed by atoms with Crippen molar-refractivity contribution in [2.24, 2.45) is 0 Å². The van der Waals surface area contributed by atoms with E-state index in [1.54, 1.807) is 0 Å². The number of fused-ring (bicyclic) bond motifs is 1. The molecule has 1 atom stereocenters. The molecule has 1 heterocycles. The monoisotopic (exact) mass is 582 g/mol. The second-order valence-corrected chi connectivity index (χ2v) is 9.74. The summed E-state index contributed by atoms with van der Waals surface area (Å²) in [6.45, 7) is -1.18. The Morgan fingerprint density at radius 1 is 1.10 bits per heavy atom. The van der Waals surface area contributed by atoms with Gasteiger partial charge in [0.2, 0.25) is 0 Å². The Morgan fingerprint density at radius 3 is 2.54 bits per heavy atom. The molecule has 206 valence electrons. The van der Waals surface area contributed by atoms with Gasteiger partial charge in [-0.2, -0.15) is 0 Å². The van der Waals surface area contributed by atoms with Gasteiger partial charge >= 0.3 is 0 Å². The molecule has 2 amide bonds. The normalized spacial score (nSPS) is 18.2. The van der Waals surface area contributed by atoms with Crippen molar-refractivity contribution in [3.63, 3.8) is 0 Å². The number of anilines is 2. The molecule has 0 fully saturated rings. The fourth-order valence-electron chi connectivity index (χ4n) is 4.49. The molecule has 0 bridgehead atoms. The van der Waals surface area contributed by atoms with E-state index in [9.17, 15) is 24.2 Å². The third-order valence-corrected chi connectivity index (χ3v) is 7.10. The first kappa shape index (κ1) is 28.7. The Morgan fingerprint density at radius 2 is 1.85 bits per heavy atom. The molecule has 0 saturated heterocycles. The number of aliphatic hydroxyl groups is 2. The number of nitrogens with zero attached hydrogens (tertiary/aromatic N) is 1. The van der Waals surface area contributed by atoms with Gasteiger partial charge < -0.3 is 25.2 Å². The summed E-state index contributed by atoms with van der Waals surface area (Å²) in [5.74, 6) is -5.69. The number of methoxy groups -OCH3 is 1. The smallest absolute Gasteiger partial charge is 0.282 e.